The SMILES string of the molecule is N#CC1=C(SCC(=O)Nc2ccc([N+](=O)[O-])cc2)NC(=O)CC1c1ccccc1F. The molecule has 152 valence electrons. The predicted molar refractivity (Wildman–Crippen MR) is 109 cm³/mol. The molecule has 8 nitrogen and oxygen atoms in total. The summed E-state index contributed by atoms with van der Waals surface area (Å²) in [4.78, 5) is 34.4. The maximum atomic E-state index is 14.2. The Morgan fingerprint density at radius 2 is 2.00 bits per heavy atom. The number of carbonyl (C=O) groups excluding carboxylic acids is 2. The van der Waals surface area contributed by atoms with E-state index < -0.39 is 22.6 Å². The number of nitriles is 1. The van der Waals surface area contributed by atoms with Crippen molar-refractivity contribution in [1.82, 2.24) is 5.32 Å². The first kappa shape index (κ1) is 21.0. The van der Waals surface area contributed by atoms with Crippen LogP contribution in [0.15, 0.2) is 59.1 Å². The van der Waals surface area contributed by atoms with E-state index in [1.165, 1.54) is 42.5 Å². The fourth-order valence-electron chi connectivity index (χ4n) is 2.96. The first-order valence-corrected chi connectivity index (χ1v) is 9.73. The van der Waals surface area contributed by atoms with Crippen molar-refractivity contribution in [2.24, 2.45) is 0 Å². The van der Waals surface area contributed by atoms with E-state index in [0.717, 1.165) is 11.8 Å². The predicted octanol–water partition coefficient (Wildman–Crippen LogP) is 3.44. The average molecular weight is 426 g/mol. The zero-order valence-electron chi connectivity index (χ0n) is 15.4. The molecule has 10 heteroatoms. The smallest absolute Gasteiger partial charge is 0.269 e. The van der Waals surface area contributed by atoms with Gasteiger partial charge in [0, 0.05) is 30.2 Å². The second kappa shape index (κ2) is 9.19. The molecule has 0 aliphatic carbocycles. The third kappa shape index (κ3) is 4.82. The van der Waals surface area contributed by atoms with Gasteiger partial charge in [0.2, 0.25) is 11.8 Å². The van der Waals surface area contributed by atoms with Crippen LogP contribution in [-0.4, -0.2) is 22.5 Å². The second-order valence-corrected chi connectivity index (χ2v) is 7.31. The molecule has 2 N–H and O–H groups in total. The Morgan fingerprint density at radius 1 is 1.30 bits per heavy atom. The van der Waals surface area contributed by atoms with Crippen molar-refractivity contribution in [3.63, 3.8) is 0 Å². The summed E-state index contributed by atoms with van der Waals surface area (Å²) in [5, 5.41) is 25.6. The summed E-state index contributed by atoms with van der Waals surface area (Å²) in [6.45, 7) is 0. The van der Waals surface area contributed by atoms with Gasteiger partial charge in [-0.2, -0.15) is 5.26 Å². The van der Waals surface area contributed by atoms with Gasteiger partial charge < -0.3 is 10.6 Å². The van der Waals surface area contributed by atoms with Crippen molar-refractivity contribution in [1.29, 1.82) is 5.26 Å². The van der Waals surface area contributed by atoms with Crippen molar-refractivity contribution in [2.45, 2.75) is 12.3 Å². The third-order valence-electron chi connectivity index (χ3n) is 4.35. The average Bonchev–Trinajstić information content (AvgIpc) is 2.72. The minimum Gasteiger partial charge on any atom is -0.325 e. The van der Waals surface area contributed by atoms with Gasteiger partial charge in [0.1, 0.15) is 5.82 Å². The van der Waals surface area contributed by atoms with E-state index in [4.69, 9.17) is 0 Å². The minimum absolute atomic E-state index is 0.0666. The summed E-state index contributed by atoms with van der Waals surface area (Å²) in [6.07, 6.45) is -0.0666. The summed E-state index contributed by atoms with van der Waals surface area (Å²) >= 11 is 0.956. The van der Waals surface area contributed by atoms with Crippen molar-refractivity contribution in [2.75, 3.05) is 11.1 Å². The highest BCUT2D eigenvalue weighted by Gasteiger charge is 2.31. The van der Waals surface area contributed by atoms with Crippen LogP contribution >= 0.6 is 11.8 Å². The van der Waals surface area contributed by atoms with E-state index in [9.17, 15) is 29.4 Å². The number of allylic oxidation sites excluding steroid dienone is 1. The number of non-ortho nitro benzene ring substituents is 1. The molecule has 1 aliphatic heterocycles. The number of anilines is 1. The van der Waals surface area contributed by atoms with Crippen LogP contribution in [0.25, 0.3) is 0 Å². The number of hydrogen-bond donors (Lipinski definition) is 2. The van der Waals surface area contributed by atoms with E-state index in [1.54, 1.807) is 6.07 Å². The summed E-state index contributed by atoms with van der Waals surface area (Å²) < 4.78 is 14.2. The van der Waals surface area contributed by atoms with E-state index in [2.05, 4.69) is 10.6 Å². The summed E-state index contributed by atoms with van der Waals surface area (Å²) in [6, 6.07) is 13.3. The van der Waals surface area contributed by atoms with Crippen LogP contribution in [0.1, 0.15) is 17.9 Å². The number of nitro groups is 1. The third-order valence-corrected chi connectivity index (χ3v) is 5.36. The number of rotatable bonds is 6. The van der Waals surface area contributed by atoms with Gasteiger partial charge in [-0.3, -0.25) is 19.7 Å². The van der Waals surface area contributed by atoms with Gasteiger partial charge >= 0.3 is 0 Å². The molecule has 0 saturated carbocycles. The number of benzene rings is 2. The Kier molecular flexibility index (Phi) is 6.44. The molecule has 30 heavy (non-hydrogen) atoms. The van der Waals surface area contributed by atoms with Crippen LogP contribution in [-0.2, 0) is 9.59 Å². The lowest BCUT2D eigenvalue weighted by molar-refractivity contribution is -0.384. The zero-order valence-corrected chi connectivity index (χ0v) is 16.2. The Hall–Kier alpha value is -3.71. The largest absolute Gasteiger partial charge is 0.325 e. The zero-order chi connectivity index (χ0) is 21.7. The molecule has 1 heterocycles. The van der Waals surface area contributed by atoms with Gasteiger partial charge in [-0.25, -0.2) is 4.39 Å². The number of carbonyl (C=O) groups is 2. The first-order valence-electron chi connectivity index (χ1n) is 8.74. The Labute approximate surface area is 174 Å². The van der Waals surface area contributed by atoms with Crippen LogP contribution in [0.4, 0.5) is 15.8 Å². The lowest BCUT2D eigenvalue weighted by Crippen LogP contribution is -2.31. The van der Waals surface area contributed by atoms with Crippen LogP contribution in [0, 0.1) is 27.3 Å². The molecule has 2 aromatic rings. The number of halogens is 1. The standard InChI is InChI=1S/C20H15FN4O4S/c21-17-4-2-1-3-14(17)15-9-18(26)24-20(16(15)10-22)30-11-19(27)23-12-5-7-13(8-6-12)25(28)29/h1-8,15H,9,11H2,(H,23,27)(H,24,26). The molecule has 1 aliphatic rings. The van der Waals surface area contributed by atoms with Gasteiger partial charge in [-0.1, -0.05) is 30.0 Å². The number of amides is 2. The molecular weight excluding hydrogens is 411 g/mol. The lowest BCUT2D eigenvalue weighted by Gasteiger charge is -2.25. The quantitative estimate of drug-likeness (QED) is 0.538. The molecule has 1 unspecified atom stereocenters. The highest BCUT2D eigenvalue weighted by Crippen LogP contribution is 2.36. The molecule has 0 bridgehead atoms. The van der Waals surface area contributed by atoms with Crippen molar-refractivity contribution in [3.8, 4) is 6.07 Å². The first-order chi connectivity index (χ1) is 14.4. The van der Waals surface area contributed by atoms with E-state index >= 15 is 0 Å². The summed E-state index contributed by atoms with van der Waals surface area (Å²) in [5.74, 6) is -2.17. The van der Waals surface area contributed by atoms with Crippen LogP contribution in [0.3, 0.4) is 0 Å². The molecule has 2 amide bonds. The fourth-order valence-corrected chi connectivity index (χ4v) is 3.83. The minimum atomic E-state index is -0.731. The maximum Gasteiger partial charge on any atom is 0.269 e. The second-order valence-electron chi connectivity index (χ2n) is 6.32. The van der Waals surface area contributed by atoms with Gasteiger partial charge in [0.25, 0.3) is 5.69 Å². The van der Waals surface area contributed by atoms with Crippen LogP contribution in [0.2, 0.25) is 0 Å². The van der Waals surface area contributed by atoms with Crippen LogP contribution in [0.5, 0.6) is 0 Å². The molecule has 1 atom stereocenters. The molecule has 0 spiro atoms. The van der Waals surface area contributed by atoms with Gasteiger partial charge in [-0.15, -0.1) is 0 Å². The molecule has 0 aromatic heterocycles. The fraction of sp³-hybridized carbons (Fsp3) is 0.150. The Balaban J connectivity index is 1.73. The normalized spacial score (nSPS) is 15.9. The lowest BCUT2D eigenvalue weighted by atomic mass is 9.87. The van der Waals surface area contributed by atoms with E-state index in [1.807, 2.05) is 6.07 Å². The Morgan fingerprint density at radius 3 is 2.63 bits per heavy atom. The number of nitrogens with one attached hydrogen (secondary N) is 2. The highest BCUT2D eigenvalue weighted by molar-refractivity contribution is 8.03. The van der Waals surface area contributed by atoms with Crippen LogP contribution < -0.4 is 10.6 Å². The van der Waals surface area contributed by atoms with Crippen molar-refractivity contribution in [3.05, 3.63) is 80.6 Å². The molecule has 0 radical (unpaired) electrons. The molecular formula is C20H15FN4O4S. The topological polar surface area (TPSA) is 125 Å². The molecule has 3 rings (SSSR count). The summed E-state index contributed by atoms with van der Waals surface area (Å²) in [7, 11) is 0. The number of thioether (sulfide) groups is 1. The summed E-state index contributed by atoms with van der Waals surface area (Å²) in [5.41, 5.74) is 0.707. The van der Waals surface area contributed by atoms with Gasteiger partial charge in [-0.05, 0) is 23.8 Å². The Bertz CT molecular complexity index is 1080. The number of nitrogens with zero attached hydrogens (tertiary/aromatic N) is 2. The van der Waals surface area contributed by atoms with Crippen molar-refractivity contribution >= 4 is 35.0 Å². The highest BCUT2D eigenvalue weighted by atomic mass is 32.2. The monoisotopic (exact) mass is 426 g/mol. The van der Waals surface area contributed by atoms with E-state index in [0.29, 0.717) is 5.69 Å². The van der Waals surface area contributed by atoms with Gasteiger partial charge in [0.05, 0.1) is 27.3 Å². The molecule has 2 aromatic carbocycles. The van der Waals surface area contributed by atoms with Crippen molar-refractivity contribution < 1.29 is 18.9 Å². The maximum absolute atomic E-state index is 14.2. The molecule has 0 fully saturated rings. The van der Waals surface area contributed by atoms with E-state index in [-0.39, 0.29) is 39.9 Å². The number of nitro benzene ring substituents is 1. The van der Waals surface area contributed by atoms with Gasteiger partial charge in [0.15, 0.2) is 0 Å². The molecule has 0 saturated heterocycles. The number of hydrogen-bond acceptors (Lipinski definition) is 6.